The number of benzene rings is 1. The molecule has 0 spiro atoms. The van der Waals surface area contributed by atoms with Crippen LogP contribution in [-0.4, -0.2) is 43.4 Å². The molecule has 26 heavy (non-hydrogen) atoms. The van der Waals surface area contributed by atoms with Crippen LogP contribution in [0.1, 0.15) is 20.9 Å². The Hall–Kier alpha value is -3.69. The molecule has 0 fully saturated rings. The standard InChI is InChI=1S/C16H15N3O7/c1-18(2)12-6-5-10(19(23)24)8-11(12)16(22)26-9-14(20)17-15(21)13-4-3-7-25-13/h3-8H,9H2,1-2H3,(H,17,20,21). The summed E-state index contributed by atoms with van der Waals surface area (Å²) in [4.78, 5) is 47.4. The first-order valence-corrected chi connectivity index (χ1v) is 7.30. The molecule has 2 rings (SSSR count). The van der Waals surface area contributed by atoms with Gasteiger partial charge < -0.3 is 14.1 Å². The van der Waals surface area contributed by atoms with Crippen molar-refractivity contribution in [1.29, 1.82) is 0 Å². The number of anilines is 1. The largest absolute Gasteiger partial charge is 0.459 e. The fourth-order valence-electron chi connectivity index (χ4n) is 2.03. The highest BCUT2D eigenvalue weighted by Gasteiger charge is 2.21. The number of ether oxygens (including phenoxy) is 1. The predicted molar refractivity (Wildman–Crippen MR) is 88.9 cm³/mol. The molecule has 2 amide bonds. The van der Waals surface area contributed by atoms with Gasteiger partial charge in [0, 0.05) is 26.2 Å². The van der Waals surface area contributed by atoms with Crippen LogP contribution in [0.3, 0.4) is 0 Å². The lowest BCUT2D eigenvalue weighted by molar-refractivity contribution is -0.384. The van der Waals surface area contributed by atoms with Gasteiger partial charge in [-0.1, -0.05) is 0 Å². The normalized spacial score (nSPS) is 10.1. The summed E-state index contributed by atoms with van der Waals surface area (Å²) in [5.41, 5.74) is 0.0158. The lowest BCUT2D eigenvalue weighted by Crippen LogP contribution is -2.34. The molecular formula is C16H15N3O7. The van der Waals surface area contributed by atoms with Gasteiger partial charge >= 0.3 is 5.97 Å². The molecule has 0 aliphatic heterocycles. The predicted octanol–water partition coefficient (Wildman–Crippen LogP) is 1.37. The summed E-state index contributed by atoms with van der Waals surface area (Å²) in [6.45, 7) is -0.735. The van der Waals surface area contributed by atoms with E-state index in [0.29, 0.717) is 5.69 Å². The molecule has 0 saturated carbocycles. The molecule has 1 heterocycles. The number of amides is 2. The molecule has 0 saturated heterocycles. The molecule has 0 aliphatic carbocycles. The molecule has 1 N–H and O–H groups in total. The zero-order valence-corrected chi connectivity index (χ0v) is 13.9. The number of nitrogens with zero attached hydrogens (tertiary/aromatic N) is 2. The van der Waals surface area contributed by atoms with E-state index in [0.717, 1.165) is 6.07 Å². The summed E-state index contributed by atoms with van der Waals surface area (Å²) in [6, 6.07) is 6.55. The zero-order chi connectivity index (χ0) is 19.3. The summed E-state index contributed by atoms with van der Waals surface area (Å²) in [7, 11) is 3.29. The Labute approximate surface area is 147 Å². The number of hydrogen-bond donors (Lipinski definition) is 1. The smallest absolute Gasteiger partial charge is 0.341 e. The Bertz CT molecular complexity index is 844. The Morgan fingerprint density at radius 2 is 2.00 bits per heavy atom. The van der Waals surface area contributed by atoms with Crippen LogP contribution in [0, 0.1) is 10.1 Å². The minimum Gasteiger partial charge on any atom is -0.459 e. The minimum atomic E-state index is -0.932. The topological polar surface area (TPSA) is 132 Å². The van der Waals surface area contributed by atoms with Gasteiger partial charge in [0.05, 0.1) is 22.4 Å². The molecule has 0 atom stereocenters. The monoisotopic (exact) mass is 361 g/mol. The maximum absolute atomic E-state index is 12.2. The zero-order valence-electron chi connectivity index (χ0n) is 13.9. The third kappa shape index (κ3) is 4.44. The van der Waals surface area contributed by atoms with Gasteiger partial charge in [0.15, 0.2) is 12.4 Å². The Morgan fingerprint density at radius 1 is 1.27 bits per heavy atom. The lowest BCUT2D eigenvalue weighted by Gasteiger charge is -2.16. The van der Waals surface area contributed by atoms with Crippen molar-refractivity contribution in [2.75, 3.05) is 25.6 Å². The third-order valence-corrected chi connectivity index (χ3v) is 3.22. The fourth-order valence-corrected chi connectivity index (χ4v) is 2.03. The average Bonchev–Trinajstić information content (AvgIpc) is 3.13. The second-order valence-corrected chi connectivity index (χ2v) is 5.28. The van der Waals surface area contributed by atoms with Gasteiger partial charge in [-0.3, -0.25) is 25.0 Å². The number of rotatable bonds is 6. The van der Waals surface area contributed by atoms with E-state index in [2.05, 4.69) is 0 Å². The van der Waals surface area contributed by atoms with Crippen LogP contribution in [-0.2, 0) is 9.53 Å². The van der Waals surface area contributed by atoms with Crippen molar-refractivity contribution in [1.82, 2.24) is 5.32 Å². The average molecular weight is 361 g/mol. The molecule has 0 bridgehead atoms. The SMILES string of the molecule is CN(C)c1ccc([N+](=O)[O-])cc1C(=O)OCC(=O)NC(=O)c1ccco1. The number of non-ortho nitro benzene ring substituents is 1. The van der Waals surface area contributed by atoms with E-state index < -0.39 is 29.3 Å². The van der Waals surface area contributed by atoms with Gasteiger partial charge in [0.25, 0.3) is 17.5 Å². The van der Waals surface area contributed by atoms with Crippen molar-refractivity contribution in [2.24, 2.45) is 0 Å². The van der Waals surface area contributed by atoms with Crippen molar-refractivity contribution in [3.63, 3.8) is 0 Å². The number of nitrogens with one attached hydrogen (secondary N) is 1. The number of nitro benzene ring substituents is 1. The first kappa shape index (κ1) is 18.6. The van der Waals surface area contributed by atoms with Crippen molar-refractivity contribution < 1.29 is 28.5 Å². The summed E-state index contributed by atoms with van der Waals surface area (Å²) >= 11 is 0. The number of imide groups is 1. The summed E-state index contributed by atoms with van der Waals surface area (Å²) in [5, 5.41) is 12.9. The van der Waals surface area contributed by atoms with E-state index in [4.69, 9.17) is 9.15 Å². The van der Waals surface area contributed by atoms with E-state index in [1.54, 1.807) is 19.0 Å². The first-order chi connectivity index (χ1) is 12.3. The second-order valence-electron chi connectivity index (χ2n) is 5.28. The quantitative estimate of drug-likeness (QED) is 0.463. The number of carbonyl (C=O) groups excluding carboxylic acids is 3. The van der Waals surface area contributed by atoms with Crippen LogP contribution in [0.5, 0.6) is 0 Å². The third-order valence-electron chi connectivity index (χ3n) is 3.22. The van der Waals surface area contributed by atoms with E-state index in [1.165, 1.54) is 30.5 Å². The Balaban J connectivity index is 2.05. The fraction of sp³-hybridized carbons (Fsp3) is 0.188. The molecule has 1 aromatic heterocycles. The number of furan rings is 1. The van der Waals surface area contributed by atoms with E-state index in [1.807, 2.05) is 5.32 Å². The van der Waals surface area contributed by atoms with Gasteiger partial charge in [0.1, 0.15) is 0 Å². The van der Waals surface area contributed by atoms with E-state index in [9.17, 15) is 24.5 Å². The van der Waals surface area contributed by atoms with Crippen LogP contribution in [0.15, 0.2) is 41.0 Å². The number of nitro groups is 1. The maximum Gasteiger partial charge on any atom is 0.341 e. The molecular weight excluding hydrogens is 346 g/mol. The highest BCUT2D eigenvalue weighted by molar-refractivity contribution is 6.04. The van der Waals surface area contributed by atoms with E-state index in [-0.39, 0.29) is 17.0 Å². The van der Waals surface area contributed by atoms with Crippen molar-refractivity contribution in [3.8, 4) is 0 Å². The van der Waals surface area contributed by atoms with Crippen molar-refractivity contribution >= 4 is 29.2 Å². The van der Waals surface area contributed by atoms with Crippen LogP contribution >= 0.6 is 0 Å². The van der Waals surface area contributed by atoms with Gasteiger partial charge in [-0.05, 0) is 18.2 Å². The van der Waals surface area contributed by atoms with Crippen LogP contribution < -0.4 is 10.2 Å². The van der Waals surface area contributed by atoms with Gasteiger partial charge in [-0.2, -0.15) is 0 Å². The maximum atomic E-state index is 12.2. The number of carbonyl (C=O) groups is 3. The lowest BCUT2D eigenvalue weighted by atomic mass is 10.1. The molecule has 136 valence electrons. The second kappa shape index (κ2) is 7.92. The van der Waals surface area contributed by atoms with Crippen molar-refractivity contribution in [2.45, 2.75) is 0 Å². The molecule has 0 aliphatic rings. The van der Waals surface area contributed by atoms with Crippen LogP contribution in [0.2, 0.25) is 0 Å². The number of hydrogen-bond acceptors (Lipinski definition) is 8. The van der Waals surface area contributed by atoms with Crippen LogP contribution in [0.25, 0.3) is 0 Å². The molecule has 1 aromatic carbocycles. The van der Waals surface area contributed by atoms with Gasteiger partial charge in [-0.15, -0.1) is 0 Å². The van der Waals surface area contributed by atoms with Gasteiger partial charge in [-0.25, -0.2) is 4.79 Å². The molecule has 0 radical (unpaired) electrons. The highest BCUT2D eigenvalue weighted by Crippen LogP contribution is 2.24. The molecule has 10 nitrogen and oxygen atoms in total. The summed E-state index contributed by atoms with van der Waals surface area (Å²) < 4.78 is 9.68. The Kier molecular flexibility index (Phi) is 5.68. The summed E-state index contributed by atoms with van der Waals surface area (Å²) in [5.74, 6) is -2.65. The van der Waals surface area contributed by atoms with E-state index >= 15 is 0 Å². The highest BCUT2D eigenvalue weighted by atomic mass is 16.6. The molecule has 10 heteroatoms. The van der Waals surface area contributed by atoms with Crippen LogP contribution in [0.4, 0.5) is 11.4 Å². The number of esters is 1. The van der Waals surface area contributed by atoms with Gasteiger partial charge in [0.2, 0.25) is 0 Å². The molecule has 2 aromatic rings. The summed E-state index contributed by atoms with van der Waals surface area (Å²) in [6.07, 6.45) is 1.27. The Morgan fingerprint density at radius 3 is 2.58 bits per heavy atom. The minimum absolute atomic E-state index is 0.0711. The first-order valence-electron chi connectivity index (χ1n) is 7.30. The van der Waals surface area contributed by atoms with Crippen molar-refractivity contribution in [3.05, 3.63) is 58.0 Å². The molecule has 0 unspecified atom stereocenters.